The molecule has 0 amide bonds. The van der Waals surface area contributed by atoms with Gasteiger partial charge in [-0.2, -0.15) is 0 Å². The van der Waals surface area contributed by atoms with Crippen LogP contribution < -0.4 is 5.32 Å². The Morgan fingerprint density at radius 1 is 1.31 bits per heavy atom. The van der Waals surface area contributed by atoms with Gasteiger partial charge in [-0.05, 0) is 32.6 Å². The van der Waals surface area contributed by atoms with E-state index in [1.165, 1.54) is 19.3 Å². The van der Waals surface area contributed by atoms with Gasteiger partial charge in [0.2, 0.25) is 0 Å². The molecule has 1 aliphatic carbocycles. The van der Waals surface area contributed by atoms with Crippen LogP contribution in [0.5, 0.6) is 0 Å². The largest absolute Gasteiger partial charge is 0.385 e. The number of Topliss-reactive ketones (excluding diaryl/α,β-unsaturated/α-hetero) is 1. The summed E-state index contributed by atoms with van der Waals surface area (Å²) in [5.74, 6) is 0.735. The maximum Gasteiger partial charge on any atom is 0.165 e. The van der Waals surface area contributed by atoms with E-state index >= 15 is 0 Å². The third-order valence-corrected chi connectivity index (χ3v) is 4.04. The first-order chi connectivity index (χ1) is 7.74. The van der Waals surface area contributed by atoms with E-state index in [1.807, 2.05) is 0 Å². The molecule has 1 heterocycles. The Labute approximate surface area is 98.5 Å². The second kappa shape index (κ2) is 5.03. The molecule has 0 aromatic rings. The van der Waals surface area contributed by atoms with E-state index in [4.69, 9.17) is 0 Å². The number of hydrogen-bond acceptors (Lipinski definition) is 2. The van der Waals surface area contributed by atoms with Crippen LogP contribution in [-0.4, -0.2) is 11.8 Å². The van der Waals surface area contributed by atoms with Gasteiger partial charge >= 0.3 is 0 Å². The molecule has 0 spiro atoms. The molecule has 2 nitrogen and oxygen atoms in total. The lowest BCUT2D eigenvalue weighted by atomic mass is 9.76. The van der Waals surface area contributed by atoms with E-state index in [1.54, 1.807) is 0 Å². The number of hydrogen-bond donors (Lipinski definition) is 1. The maximum absolute atomic E-state index is 12.4. The Morgan fingerprint density at radius 3 is 2.81 bits per heavy atom. The molecule has 0 aromatic carbocycles. The number of nitrogens with one attached hydrogen (secondary N) is 1. The minimum absolute atomic E-state index is 0.282. The summed E-state index contributed by atoms with van der Waals surface area (Å²) in [6.07, 6.45) is 8.05. The number of carbonyl (C=O) groups is 1. The minimum atomic E-state index is 0.282. The summed E-state index contributed by atoms with van der Waals surface area (Å²) < 4.78 is 0. The normalized spacial score (nSPS) is 30.0. The van der Waals surface area contributed by atoms with Crippen LogP contribution in [0.1, 0.15) is 58.8 Å². The number of carbonyl (C=O) groups excluding carboxylic acids is 1. The van der Waals surface area contributed by atoms with Crippen LogP contribution in [0.4, 0.5) is 0 Å². The van der Waals surface area contributed by atoms with E-state index in [2.05, 4.69) is 19.2 Å². The van der Waals surface area contributed by atoms with Crippen LogP contribution in [0.2, 0.25) is 0 Å². The Hall–Kier alpha value is -0.790. The SMILES string of the molecule is CCCCC1=C(C)NC2CCCCC2C1=O. The third kappa shape index (κ3) is 2.16. The number of ketones is 1. The molecule has 0 saturated heterocycles. The van der Waals surface area contributed by atoms with E-state index in [-0.39, 0.29) is 5.92 Å². The third-order valence-electron chi connectivity index (χ3n) is 4.04. The summed E-state index contributed by atoms with van der Waals surface area (Å²) in [5.41, 5.74) is 2.24. The minimum Gasteiger partial charge on any atom is -0.385 e. The lowest BCUT2D eigenvalue weighted by Gasteiger charge is -2.37. The maximum atomic E-state index is 12.4. The lowest BCUT2D eigenvalue weighted by Crippen LogP contribution is -2.46. The summed E-state index contributed by atoms with van der Waals surface area (Å²) in [4.78, 5) is 12.4. The highest BCUT2D eigenvalue weighted by Gasteiger charge is 2.36. The Kier molecular flexibility index (Phi) is 3.67. The molecule has 1 fully saturated rings. The molecule has 2 aliphatic rings. The van der Waals surface area contributed by atoms with Gasteiger partial charge in [-0.3, -0.25) is 4.79 Å². The zero-order valence-electron chi connectivity index (χ0n) is 10.5. The van der Waals surface area contributed by atoms with Crippen molar-refractivity contribution >= 4 is 5.78 Å². The number of allylic oxidation sites excluding steroid dienone is 2. The molecule has 0 bridgehead atoms. The lowest BCUT2D eigenvalue weighted by molar-refractivity contribution is -0.121. The van der Waals surface area contributed by atoms with Gasteiger partial charge in [-0.25, -0.2) is 0 Å². The van der Waals surface area contributed by atoms with Crippen molar-refractivity contribution in [2.75, 3.05) is 0 Å². The molecule has 2 rings (SSSR count). The summed E-state index contributed by atoms with van der Waals surface area (Å²) >= 11 is 0. The topological polar surface area (TPSA) is 29.1 Å². The molecule has 0 aromatic heterocycles. The summed E-state index contributed by atoms with van der Waals surface area (Å²) in [7, 11) is 0. The zero-order valence-corrected chi connectivity index (χ0v) is 10.5. The van der Waals surface area contributed by atoms with Gasteiger partial charge in [0, 0.05) is 23.2 Å². The Balaban J connectivity index is 2.13. The first-order valence-electron chi connectivity index (χ1n) is 6.74. The van der Waals surface area contributed by atoms with Crippen LogP contribution >= 0.6 is 0 Å². The highest BCUT2D eigenvalue weighted by atomic mass is 16.1. The van der Waals surface area contributed by atoms with Crippen molar-refractivity contribution in [3.8, 4) is 0 Å². The molecule has 1 aliphatic heterocycles. The number of unbranched alkanes of at least 4 members (excludes halogenated alkanes) is 1. The van der Waals surface area contributed by atoms with Crippen molar-refractivity contribution < 1.29 is 4.79 Å². The van der Waals surface area contributed by atoms with Crippen LogP contribution in [0, 0.1) is 5.92 Å². The standard InChI is InChI=1S/C14H23NO/c1-3-4-7-11-10(2)15-13-9-6-5-8-12(13)14(11)16/h12-13,15H,3-9H2,1-2H3. The van der Waals surface area contributed by atoms with E-state index in [9.17, 15) is 4.79 Å². The highest BCUT2D eigenvalue weighted by Crippen LogP contribution is 2.33. The molecular formula is C14H23NO. The summed E-state index contributed by atoms with van der Waals surface area (Å²) in [6.45, 7) is 4.26. The van der Waals surface area contributed by atoms with Crippen LogP contribution in [0.25, 0.3) is 0 Å². The van der Waals surface area contributed by atoms with Gasteiger partial charge in [-0.1, -0.05) is 26.2 Å². The van der Waals surface area contributed by atoms with Gasteiger partial charge in [0.1, 0.15) is 0 Å². The van der Waals surface area contributed by atoms with Crippen molar-refractivity contribution in [2.24, 2.45) is 5.92 Å². The average molecular weight is 221 g/mol. The highest BCUT2D eigenvalue weighted by molar-refractivity contribution is 5.99. The molecule has 0 radical (unpaired) electrons. The predicted molar refractivity (Wildman–Crippen MR) is 66.1 cm³/mol. The molecular weight excluding hydrogens is 198 g/mol. The fourth-order valence-corrected chi connectivity index (χ4v) is 3.06. The molecule has 2 heteroatoms. The zero-order chi connectivity index (χ0) is 11.5. The van der Waals surface area contributed by atoms with E-state index in [0.717, 1.165) is 37.0 Å². The first kappa shape index (κ1) is 11.7. The van der Waals surface area contributed by atoms with Gasteiger partial charge in [-0.15, -0.1) is 0 Å². The number of fused-ring (bicyclic) bond motifs is 1. The van der Waals surface area contributed by atoms with Crippen LogP contribution in [0.3, 0.4) is 0 Å². The van der Waals surface area contributed by atoms with Crippen molar-refractivity contribution in [3.05, 3.63) is 11.3 Å². The monoisotopic (exact) mass is 221 g/mol. The van der Waals surface area contributed by atoms with Gasteiger partial charge in [0.25, 0.3) is 0 Å². The fourth-order valence-electron chi connectivity index (χ4n) is 3.06. The second-order valence-corrected chi connectivity index (χ2v) is 5.21. The first-order valence-corrected chi connectivity index (χ1v) is 6.74. The average Bonchev–Trinajstić information content (AvgIpc) is 2.29. The molecule has 90 valence electrons. The molecule has 2 unspecified atom stereocenters. The summed E-state index contributed by atoms with van der Waals surface area (Å²) in [6, 6.07) is 0.437. The van der Waals surface area contributed by atoms with Crippen LogP contribution in [-0.2, 0) is 4.79 Å². The Morgan fingerprint density at radius 2 is 2.06 bits per heavy atom. The second-order valence-electron chi connectivity index (χ2n) is 5.21. The Bertz CT molecular complexity index is 306. The van der Waals surface area contributed by atoms with Gasteiger partial charge in [0.05, 0.1) is 0 Å². The van der Waals surface area contributed by atoms with E-state index in [0.29, 0.717) is 11.8 Å². The fraction of sp³-hybridized carbons (Fsp3) is 0.786. The van der Waals surface area contributed by atoms with Gasteiger partial charge in [0.15, 0.2) is 5.78 Å². The van der Waals surface area contributed by atoms with Crippen LogP contribution in [0.15, 0.2) is 11.3 Å². The summed E-state index contributed by atoms with van der Waals surface area (Å²) in [5, 5.41) is 3.57. The molecule has 1 N–H and O–H groups in total. The van der Waals surface area contributed by atoms with Crippen molar-refractivity contribution in [1.29, 1.82) is 0 Å². The molecule has 16 heavy (non-hydrogen) atoms. The molecule has 2 atom stereocenters. The van der Waals surface area contributed by atoms with Crippen molar-refractivity contribution in [1.82, 2.24) is 5.32 Å². The number of rotatable bonds is 3. The smallest absolute Gasteiger partial charge is 0.165 e. The van der Waals surface area contributed by atoms with E-state index < -0.39 is 0 Å². The quantitative estimate of drug-likeness (QED) is 0.793. The van der Waals surface area contributed by atoms with Crippen molar-refractivity contribution in [2.45, 2.75) is 64.8 Å². The molecule has 1 saturated carbocycles. The predicted octanol–water partition coefficient (Wildman–Crippen LogP) is 3.18. The van der Waals surface area contributed by atoms with Gasteiger partial charge < -0.3 is 5.32 Å². The van der Waals surface area contributed by atoms with Crippen molar-refractivity contribution in [3.63, 3.8) is 0 Å².